The molecule has 122 valence electrons. The number of hydrogen-bond donors (Lipinski definition) is 1. The maximum Gasteiger partial charge on any atom is 0.408 e. The van der Waals surface area contributed by atoms with E-state index in [4.69, 9.17) is 9.47 Å². The van der Waals surface area contributed by atoms with Gasteiger partial charge in [-0.2, -0.15) is 0 Å². The lowest BCUT2D eigenvalue weighted by atomic mass is 10.2. The highest BCUT2D eigenvalue weighted by Gasteiger charge is 2.25. The van der Waals surface area contributed by atoms with E-state index in [2.05, 4.69) is 18.8 Å². The van der Waals surface area contributed by atoms with Gasteiger partial charge >= 0.3 is 12.1 Å². The molecule has 0 saturated heterocycles. The Kier molecular flexibility index (Phi) is 9.61. The quantitative estimate of drug-likeness (QED) is 0.417. The first-order valence-electron chi connectivity index (χ1n) is 6.71. The first-order chi connectivity index (χ1) is 9.73. The van der Waals surface area contributed by atoms with Crippen molar-refractivity contribution < 1.29 is 19.1 Å². The van der Waals surface area contributed by atoms with Crippen molar-refractivity contribution in [2.45, 2.75) is 51.0 Å². The summed E-state index contributed by atoms with van der Waals surface area (Å²) in [5, 5.41) is 2.85. The van der Waals surface area contributed by atoms with Crippen LogP contribution < -0.4 is 5.32 Å². The summed E-state index contributed by atoms with van der Waals surface area (Å²) in [7, 11) is 4.41. The molecule has 21 heavy (non-hydrogen) atoms. The molecule has 0 bridgehead atoms. The molecule has 0 aromatic carbocycles. The van der Waals surface area contributed by atoms with Crippen molar-refractivity contribution >= 4 is 33.7 Å². The van der Waals surface area contributed by atoms with Crippen LogP contribution >= 0.6 is 21.6 Å². The standard InChI is InChI=1S/C14H25NO4S2/c1-7-10(8-2)21-20-9-11(12(16)18-6)15-13(17)19-14(3,4)5/h7,10-11H,1,8-9H2,2-6H3,(H,15,17)/t10?,11-/m0/s1. The number of esters is 1. The van der Waals surface area contributed by atoms with E-state index >= 15 is 0 Å². The Bertz CT molecular complexity index is 355. The molecule has 0 rings (SSSR count). The van der Waals surface area contributed by atoms with Crippen LogP contribution in [0.3, 0.4) is 0 Å². The van der Waals surface area contributed by atoms with Gasteiger partial charge in [0, 0.05) is 11.0 Å². The van der Waals surface area contributed by atoms with Crippen LogP contribution in [-0.2, 0) is 14.3 Å². The van der Waals surface area contributed by atoms with Gasteiger partial charge in [-0.3, -0.25) is 0 Å². The van der Waals surface area contributed by atoms with Crippen LogP contribution in [0.1, 0.15) is 34.1 Å². The molecule has 5 nitrogen and oxygen atoms in total. The number of hydrogen-bond acceptors (Lipinski definition) is 6. The molecule has 0 saturated carbocycles. The van der Waals surface area contributed by atoms with Crippen molar-refractivity contribution in [2.75, 3.05) is 12.9 Å². The third-order valence-electron chi connectivity index (χ3n) is 2.27. The van der Waals surface area contributed by atoms with Crippen LogP contribution in [0.25, 0.3) is 0 Å². The van der Waals surface area contributed by atoms with Crippen molar-refractivity contribution in [1.82, 2.24) is 5.32 Å². The van der Waals surface area contributed by atoms with Crippen LogP contribution in [-0.4, -0.2) is 41.8 Å². The summed E-state index contributed by atoms with van der Waals surface area (Å²) in [5.41, 5.74) is -0.608. The van der Waals surface area contributed by atoms with Crippen molar-refractivity contribution in [1.29, 1.82) is 0 Å². The molecule has 0 fully saturated rings. The fourth-order valence-electron chi connectivity index (χ4n) is 1.23. The SMILES string of the molecule is C=CC(CC)SSC[C@H](NC(=O)OC(C)(C)C)C(=O)OC. The van der Waals surface area contributed by atoms with E-state index in [1.807, 2.05) is 6.08 Å². The van der Waals surface area contributed by atoms with Gasteiger partial charge in [-0.1, -0.05) is 34.6 Å². The highest BCUT2D eigenvalue weighted by atomic mass is 33.1. The molecule has 1 amide bonds. The molecule has 0 aromatic rings. The predicted octanol–water partition coefficient (Wildman–Crippen LogP) is 3.40. The maximum absolute atomic E-state index is 11.7. The van der Waals surface area contributed by atoms with Crippen LogP contribution in [0, 0.1) is 0 Å². The van der Waals surface area contributed by atoms with E-state index in [0.717, 1.165) is 6.42 Å². The lowest BCUT2D eigenvalue weighted by Gasteiger charge is -2.22. The zero-order valence-electron chi connectivity index (χ0n) is 13.3. The van der Waals surface area contributed by atoms with Gasteiger partial charge in [-0.25, -0.2) is 9.59 Å². The molecular weight excluding hydrogens is 310 g/mol. The highest BCUT2D eigenvalue weighted by Crippen LogP contribution is 2.30. The lowest BCUT2D eigenvalue weighted by molar-refractivity contribution is -0.142. The van der Waals surface area contributed by atoms with Crippen molar-refractivity contribution in [3.05, 3.63) is 12.7 Å². The minimum atomic E-state index is -0.732. The number of amides is 1. The number of rotatable bonds is 8. The van der Waals surface area contributed by atoms with E-state index in [9.17, 15) is 9.59 Å². The summed E-state index contributed by atoms with van der Waals surface area (Å²) in [6.45, 7) is 11.1. The first-order valence-corrected chi connectivity index (χ1v) is 9.09. The van der Waals surface area contributed by atoms with Crippen LogP contribution in [0.2, 0.25) is 0 Å². The van der Waals surface area contributed by atoms with Gasteiger partial charge in [0.2, 0.25) is 0 Å². The monoisotopic (exact) mass is 335 g/mol. The minimum Gasteiger partial charge on any atom is -0.467 e. The van der Waals surface area contributed by atoms with Gasteiger partial charge in [0.05, 0.1) is 7.11 Å². The Labute approximate surface area is 135 Å². The zero-order valence-corrected chi connectivity index (χ0v) is 14.9. The number of carbonyl (C=O) groups is 2. The molecule has 0 aliphatic rings. The highest BCUT2D eigenvalue weighted by molar-refractivity contribution is 8.77. The molecule has 7 heteroatoms. The number of alkyl carbamates (subject to hydrolysis) is 1. The van der Waals surface area contributed by atoms with Crippen molar-refractivity contribution in [3.8, 4) is 0 Å². The molecule has 0 aliphatic heterocycles. The molecule has 0 heterocycles. The number of nitrogens with one attached hydrogen (secondary N) is 1. The van der Waals surface area contributed by atoms with Gasteiger partial charge in [0.1, 0.15) is 11.6 Å². The molecule has 0 aromatic heterocycles. The fourth-order valence-corrected chi connectivity index (χ4v) is 3.87. The Morgan fingerprint density at radius 2 is 2.00 bits per heavy atom. The third-order valence-corrected chi connectivity index (χ3v) is 5.20. The molecule has 1 unspecified atom stereocenters. The van der Waals surface area contributed by atoms with E-state index in [1.165, 1.54) is 17.9 Å². The summed E-state index contributed by atoms with van der Waals surface area (Å²) in [6, 6.07) is -0.732. The normalized spacial score (nSPS) is 14.0. The second kappa shape index (κ2) is 10.00. The van der Waals surface area contributed by atoms with Gasteiger partial charge < -0.3 is 14.8 Å². The van der Waals surface area contributed by atoms with E-state index in [0.29, 0.717) is 11.0 Å². The summed E-state index contributed by atoms with van der Waals surface area (Å²) >= 11 is 0. The topological polar surface area (TPSA) is 64.6 Å². The second-order valence-electron chi connectivity index (χ2n) is 5.29. The average molecular weight is 335 g/mol. The smallest absolute Gasteiger partial charge is 0.408 e. The Balaban J connectivity index is 4.43. The van der Waals surface area contributed by atoms with Gasteiger partial charge in [-0.05, 0) is 27.2 Å². The van der Waals surface area contributed by atoms with E-state index in [-0.39, 0.29) is 0 Å². The molecule has 0 aliphatic carbocycles. The van der Waals surface area contributed by atoms with Gasteiger partial charge in [-0.15, -0.1) is 6.58 Å². The number of methoxy groups -OCH3 is 1. The van der Waals surface area contributed by atoms with Crippen LogP contribution in [0.5, 0.6) is 0 Å². The second-order valence-corrected chi connectivity index (χ2v) is 7.94. The van der Waals surface area contributed by atoms with E-state index < -0.39 is 23.7 Å². The molecular formula is C14H25NO4S2. The first kappa shape index (κ1) is 20.2. The predicted molar refractivity (Wildman–Crippen MR) is 89.5 cm³/mol. The van der Waals surface area contributed by atoms with Gasteiger partial charge in [0.15, 0.2) is 0 Å². The van der Waals surface area contributed by atoms with E-state index in [1.54, 1.807) is 31.6 Å². The summed E-state index contributed by atoms with van der Waals surface area (Å²) in [6.07, 6.45) is 2.20. The van der Waals surface area contributed by atoms with Crippen LogP contribution in [0.4, 0.5) is 4.79 Å². The molecule has 1 N–H and O–H groups in total. The largest absolute Gasteiger partial charge is 0.467 e. The minimum absolute atomic E-state index is 0.315. The third kappa shape index (κ3) is 9.68. The molecule has 0 spiro atoms. The maximum atomic E-state index is 11.7. The zero-order chi connectivity index (χ0) is 16.5. The summed E-state index contributed by atoms with van der Waals surface area (Å²) in [5.74, 6) is -0.0819. The van der Waals surface area contributed by atoms with Crippen molar-refractivity contribution in [2.24, 2.45) is 0 Å². The van der Waals surface area contributed by atoms with Crippen LogP contribution in [0.15, 0.2) is 12.7 Å². The summed E-state index contributed by atoms with van der Waals surface area (Å²) in [4.78, 5) is 23.4. The average Bonchev–Trinajstić information content (AvgIpc) is 2.39. The van der Waals surface area contributed by atoms with Gasteiger partial charge in [0.25, 0.3) is 0 Å². The molecule has 0 radical (unpaired) electrons. The Morgan fingerprint density at radius 3 is 2.43 bits per heavy atom. The summed E-state index contributed by atoms with van der Waals surface area (Å²) < 4.78 is 9.84. The molecule has 2 atom stereocenters. The number of carbonyl (C=O) groups excluding carboxylic acids is 2. The number of ether oxygens (including phenoxy) is 2. The Hall–Kier alpha value is -0.820. The Morgan fingerprint density at radius 1 is 1.38 bits per heavy atom. The fraction of sp³-hybridized carbons (Fsp3) is 0.714. The van der Waals surface area contributed by atoms with Crippen molar-refractivity contribution in [3.63, 3.8) is 0 Å². The lowest BCUT2D eigenvalue weighted by Crippen LogP contribution is -2.45.